The molecule has 0 heterocycles. The lowest BCUT2D eigenvalue weighted by Crippen LogP contribution is -2.56. The lowest BCUT2D eigenvalue weighted by molar-refractivity contribution is -0.140. The first-order valence-electron chi connectivity index (χ1n) is 10.3. The maximum Gasteiger partial charge on any atom is 0.104 e. The number of hydrogen-bond donors (Lipinski definition) is 1. The molecule has 132 valence electrons. The van der Waals surface area contributed by atoms with Gasteiger partial charge in [0.05, 0.1) is 0 Å². The highest BCUT2D eigenvalue weighted by molar-refractivity contribution is 5.10. The van der Waals surface area contributed by atoms with Crippen LogP contribution in [0.25, 0.3) is 0 Å². The number of halogens is 1. The van der Waals surface area contributed by atoms with Crippen LogP contribution in [0.2, 0.25) is 0 Å². The summed E-state index contributed by atoms with van der Waals surface area (Å²) in [5, 5.41) is 9.44. The molecule has 1 N–H and O–H groups in total. The number of fused-ring (bicyclic) bond motifs is 5. The standard InChI is InChI=1S/C21H35FO/c1-20-11-8-17-15(16(20)7-6-14(20)9-12-23)13-19(22)18-5-3-4-10-21(17,18)2/h14-19,23H,3-13H2,1-2H3/t14-,15+,16+,17+,18?,19?,20-,21-/m1/s1. The first-order chi connectivity index (χ1) is 11.0. The summed E-state index contributed by atoms with van der Waals surface area (Å²) in [7, 11) is 0. The summed E-state index contributed by atoms with van der Waals surface area (Å²) < 4.78 is 15.1. The van der Waals surface area contributed by atoms with Gasteiger partial charge in [0.2, 0.25) is 0 Å². The van der Waals surface area contributed by atoms with E-state index in [1.165, 1.54) is 44.9 Å². The Bertz CT molecular complexity index is 451. The molecule has 4 saturated carbocycles. The maximum absolute atomic E-state index is 15.1. The van der Waals surface area contributed by atoms with Crippen molar-refractivity contribution in [3.05, 3.63) is 0 Å². The Balaban J connectivity index is 1.63. The Morgan fingerprint density at radius 1 is 0.913 bits per heavy atom. The van der Waals surface area contributed by atoms with E-state index < -0.39 is 6.17 Å². The van der Waals surface area contributed by atoms with Crippen molar-refractivity contribution in [2.75, 3.05) is 6.61 Å². The van der Waals surface area contributed by atoms with Crippen LogP contribution in [0.5, 0.6) is 0 Å². The van der Waals surface area contributed by atoms with Crippen molar-refractivity contribution in [3.8, 4) is 0 Å². The summed E-state index contributed by atoms with van der Waals surface area (Å²) in [6.45, 7) is 5.25. The summed E-state index contributed by atoms with van der Waals surface area (Å²) >= 11 is 0. The highest BCUT2D eigenvalue weighted by atomic mass is 19.1. The van der Waals surface area contributed by atoms with E-state index in [-0.39, 0.29) is 5.41 Å². The van der Waals surface area contributed by atoms with Gasteiger partial charge >= 0.3 is 0 Å². The van der Waals surface area contributed by atoms with E-state index in [9.17, 15) is 5.11 Å². The van der Waals surface area contributed by atoms with Gasteiger partial charge in [-0.15, -0.1) is 0 Å². The van der Waals surface area contributed by atoms with Gasteiger partial charge in [-0.3, -0.25) is 0 Å². The topological polar surface area (TPSA) is 20.2 Å². The Hall–Kier alpha value is -0.110. The fraction of sp³-hybridized carbons (Fsp3) is 1.00. The molecule has 2 unspecified atom stereocenters. The van der Waals surface area contributed by atoms with Crippen LogP contribution in [-0.2, 0) is 0 Å². The quantitative estimate of drug-likeness (QED) is 0.725. The molecule has 0 aromatic carbocycles. The lowest BCUT2D eigenvalue weighted by Gasteiger charge is -2.61. The van der Waals surface area contributed by atoms with Crippen molar-refractivity contribution >= 4 is 0 Å². The minimum absolute atomic E-state index is 0.275. The second kappa shape index (κ2) is 5.71. The summed E-state index contributed by atoms with van der Waals surface area (Å²) in [4.78, 5) is 0. The molecule has 4 rings (SSSR count). The molecule has 4 aliphatic carbocycles. The van der Waals surface area contributed by atoms with E-state index >= 15 is 4.39 Å². The van der Waals surface area contributed by atoms with E-state index in [0.29, 0.717) is 29.8 Å². The SMILES string of the molecule is C[C@]12CC[C@H]3[C@@H](CC(F)C4CCCC[C@@]43C)[C@@H]1CC[C@@H]2CCO. The zero-order valence-electron chi connectivity index (χ0n) is 15.1. The highest BCUT2D eigenvalue weighted by Crippen LogP contribution is 2.68. The van der Waals surface area contributed by atoms with Gasteiger partial charge in [0, 0.05) is 6.61 Å². The second-order valence-electron chi connectivity index (χ2n) is 9.82. The molecule has 1 nitrogen and oxygen atoms in total. The van der Waals surface area contributed by atoms with Crippen LogP contribution in [0.15, 0.2) is 0 Å². The zero-order valence-corrected chi connectivity index (χ0v) is 15.1. The van der Waals surface area contributed by atoms with Gasteiger partial charge in [-0.05, 0) is 91.8 Å². The van der Waals surface area contributed by atoms with Crippen LogP contribution >= 0.6 is 0 Å². The summed E-state index contributed by atoms with van der Waals surface area (Å²) in [5.41, 5.74) is 0.651. The van der Waals surface area contributed by atoms with Crippen molar-refractivity contribution in [1.29, 1.82) is 0 Å². The number of rotatable bonds is 2. The fourth-order valence-electron chi connectivity index (χ4n) is 8.04. The van der Waals surface area contributed by atoms with Crippen molar-refractivity contribution < 1.29 is 9.50 Å². The van der Waals surface area contributed by atoms with E-state index in [0.717, 1.165) is 31.1 Å². The third kappa shape index (κ3) is 2.26. The number of aliphatic hydroxyl groups excluding tert-OH is 1. The minimum Gasteiger partial charge on any atom is -0.396 e. The molecule has 0 bridgehead atoms. The van der Waals surface area contributed by atoms with E-state index in [1.54, 1.807) is 0 Å². The summed E-state index contributed by atoms with van der Waals surface area (Å²) in [6, 6.07) is 0. The molecule has 0 spiro atoms. The molecular formula is C21H35FO. The smallest absolute Gasteiger partial charge is 0.104 e. The number of hydrogen-bond acceptors (Lipinski definition) is 1. The van der Waals surface area contributed by atoms with Gasteiger partial charge in [0.25, 0.3) is 0 Å². The molecule has 0 aromatic heterocycles. The Kier molecular flexibility index (Phi) is 4.06. The molecule has 23 heavy (non-hydrogen) atoms. The molecular weight excluding hydrogens is 287 g/mol. The van der Waals surface area contributed by atoms with Crippen LogP contribution in [0.1, 0.15) is 78.1 Å². The molecule has 2 heteroatoms. The van der Waals surface area contributed by atoms with Gasteiger partial charge in [-0.2, -0.15) is 0 Å². The monoisotopic (exact) mass is 322 g/mol. The summed E-state index contributed by atoms with van der Waals surface area (Å²) in [5.74, 6) is 3.12. The second-order valence-corrected chi connectivity index (χ2v) is 9.82. The van der Waals surface area contributed by atoms with E-state index in [2.05, 4.69) is 13.8 Å². The Morgan fingerprint density at radius 2 is 1.70 bits per heavy atom. The first-order valence-corrected chi connectivity index (χ1v) is 10.3. The van der Waals surface area contributed by atoms with Crippen LogP contribution in [0.3, 0.4) is 0 Å². The maximum atomic E-state index is 15.1. The fourth-order valence-corrected chi connectivity index (χ4v) is 8.04. The predicted molar refractivity (Wildman–Crippen MR) is 91.8 cm³/mol. The van der Waals surface area contributed by atoms with Crippen LogP contribution in [0, 0.1) is 40.4 Å². The molecule has 8 atom stereocenters. The molecule has 0 saturated heterocycles. The van der Waals surface area contributed by atoms with Crippen LogP contribution in [0.4, 0.5) is 4.39 Å². The van der Waals surface area contributed by atoms with Crippen molar-refractivity contribution in [3.63, 3.8) is 0 Å². The predicted octanol–water partition coefficient (Wildman–Crippen LogP) is 5.37. The molecule has 0 aliphatic heterocycles. The van der Waals surface area contributed by atoms with Crippen molar-refractivity contribution in [2.45, 2.75) is 84.2 Å². The van der Waals surface area contributed by atoms with Crippen LogP contribution in [-0.4, -0.2) is 17.9 Å². The minimum atomic E-state index is -0.555. The Morgan fingerprint density at radius 3 is 2.48 bits per heavy atom. The average molecular weight is 323 g/mol. The van der Waals surface area contributed by atoms with Gasteiger partial charge < -0.3 is 5.11 Å². The van der Waals surface area contributed by atoms with Gasteiger partial charge in [0.15, 0.2) is 0 Å². The van der Waals surface area contributed by atoms with E-state index in [1.807, 2.05) is 0 Å². The highest BCUT2D eigenvalue weighted by Gasteiger charge is 2.61. The number of alkyl halides is 1. The largest absolute Gasteiger partial charge is 0.396 e. The molecule has 0 amide bonds. The third-order valence-corrected chi connectivity index (χ3v) is 9.22. The average Bonchev–Trinajstić information content (AvgIpc) is 2.85. The molecule has 0 radical (unpaired) electrons. The Labute approximate surface area is 141 Å². The van der Waals surface area contributed by atoms with Crippen molar-refractivity contribution in [2.24, 2.45) is 40.4 Å². The zero-order chi connectivity index (χ0) is 16.2. The van der Waals surface area contributed by atoms with Crippen LogP contribution < -0.4 is 0 Å². The van der Waals surface area contributed by atoms with Crippen molar-refractivity contribution in [1.82, 2.24) is 0 Å². The molecule has 4 aliphatic rings. The van der Waals surface area contributed by atoms with E-state index in [4.69, 9.17) is 0 Å². The molecule has 0 aromatic rings. The number of aliphatic hydroxyl groups is 1. The van der Waals surface area contributed by atoms with Gasteiger partial charge in [0.1, 0.15) is 6.17 Å². The van der Waals surface area contributed by atoms with Gasteiger partial charge in [-0.1, -0.05) is 26.7 Å². The first kappa shape index (κ1) is 16.4. The summed E-state index contributed by atoms with van der Waals surface area (Å²) in [6.07, 6.45) is 11.4. The normalized spacial score (nSPS) is 55.8. The third-order valence-electron chi connectivity index (χ3n) is 9.22. The lowest BCUT2D eigenvalue weighted by atomic mass is 9.44. The molecule has 4 fully saturated rings. The van der Waals surface area contributed by atoms with Gasteiger partial charge in [-0.25, -0.2) is 4.39 Å².